The number of likely N-dealkylation sites (tertiary alicyclic amines) is 1. The largest absolute Gasteiger partial charge is 0.479 e. The Morgan fingerprint density at radius 2 is 1.71 bits per heavy atom. The van der Waals surface area contributed by atoms with Crippen molar-refractivity contribution in [3.63, 3.8) is 0 Å². The van der Waals surface area contributed by atoms with Gasteiger partial charge in [0.2, 0.25) is 17.7 Å². The highest BCUT2D eigenvalue weighted by Gasteiger charge is 2.13. The van der Waals surface area contributed by atoms with Crippen LogP contribution in [0.4, 0.5) is 11.6 Å². The molecule has 0 saturated carbocycles. The van der Waals surface area contributed by atoms with Gasteiger partial charge < -0.3 is 25.4 Å². The Bertz CT molecular complexity index is 424. The highest BCUT2D eigenvalue weighted by atomic mass is 16.5. The van der Waals surface area contributed by atoms with Crippen molar-refractivity contribution in [2.75, 3.05) is 51.4 Å². The summed E-state index contributed by atoms with van der Waals surface area (Å²) in [6.07, 6.45) is 5.07. The highest BCUT2D eigenvalue weighted by Crippen LogP contribution is 2.28. The van der Waals surface area contributed by atoms with Crippen molar-refractivity contribution < 1.29 is 9.47 Å². The average molecular weight is 295 g/mol. The van der Waals surface area contributed by atoms with E-state index < -0.39 is 0 Å². The second-order valence-corrected chi connectivity index (χ2v) is 5.16. The van der Waals surface area contributed by atoms with Crippen LogP contribution in [0.3, 0.4) is 0 Å². The van der Waals surface area contributed by atoms with Gasteiger partial charge in [0.1, 0.15) is 0 Å². The lowest BCUT2D eigenvalue weighted by molar-refractivity contribution is 0.228. The third kappa shape index (κ3) is 4.35. The Kier molecular flexibility index (Phi) is 5.86. The van der Waals surface area contributed by atoms with Crippen LogP contribution in [-0.2, 0) is 0 Å². The molecule has 1 aromatic rings. The van der Waals surface area contributed by atoms with Crippen LogP contribution >= 0.6 is 0 Å². The fraction of sp³-hybridized carbons (Fsp3) is 0.714. The molecule has 1 saturated heterocycles. The van der Waals surface area contributed by atoms with E-state index in [9.17, 15) is 0 Å². The third-order valence-corrected chi connectivity index (χ3v) is 3.65. The number of rotatable bonds is 7. The Morgan fingerprint density at radius 1 is 1.10 bits per heavy atom. The number of ether oxygens (including phenoxy) is 2. The van der Waals surface area contributed by atoms with Crippen LogP contribution in [0.2, 0.25) is 0 Å². The summed E-state index contributed by atoms with van der Waals surface area (Å²) in [4.78, 5) is 11.0. The Balaban J connectivity index is 1.82. The van der Waals surface area contributed by atoms with E-state index in [1.165, 1.54) is 46.6 Å². The van der Waals surface area contributed by atoms with Gasteiger partial charge in [-0.1, -0.05) is 6.42 Å². The molecule has 1 aromatic heterocycles. The summed E-state index contributed by atoms with van der Waals surface area (Å²) in [6, 6.07) is 0. The van der Waals surface area contributed by atoms with Crippen LogP contribution < -0.4 is 20.5 Å². The number of nitrogens with zero attached hydrogens (tertiary/aromatic N) is 3. The van der Waals surface area contributed by atoms with Gasteiger partial charge in [-0.3, -0.25) is 0 Å². The number of nitrogen functional groups attached to an aromatic ring is 1. The summed E-state index contributed by atoms with van der Waals surface area (Å²) < 4.78 is 10.3. The number of aromatic nitrogens is 2. The molecular weight excluding hydrogens is 270 g/mol. The molecule has 118 valence electrons. The quantitative estimate of drug-likeness (QED) is 0.735. The minimum absolute atomic E-state index is 0.318. The summed E-state index contributed by atoms with van der Waals surface area (Å²) >= 11 is 0. The molecule has 0 aliphatic carbocycles. The maximum Gasteiger partial charge on any atom is 0.245 e. The predicted octanol–water partition coefficient (Wildman–Crippen LogP) is 1.36. The van der Waals surface area contributed by atoms with Crippen molar-refractivity contribution in [1.29, 1.82) is 0 Å². The number of methoxy groups -OCH3 is 2. The number of anilines is 2. The van der Waals surface area contributed by atoms with E-state index in [1.54, 1.807) is 0 Å². The van der Waals surface area contributed by atoms with E-state index in [1.807, 2.05) is 0 Å². The van der Waals surface area contributed by atoms with Gasteiger partial charge >= 0.3 is 0 Å². The monoisotopic (exact) mass is 295 g/mol. The Labute approximate surface area is 125 Å². The first-order chi connectivity index (χ1) is 10.2. The van der Waals surface area contributed by atoms with Gasteiger partial charge in [-0.15, -0.1) is 0 Å². The van der Waals surface area contributed by atoms with Crippen molar-refractivity contribution in [3.8, 4) is 11.8 Å². The molecule has 0 radical (unpaired) electrons. The zero-order valence-electron chi connectivity index (χ0n) is 12.9. The number of nitrogens with two attached hydrogens (primary N) is 1. The zero-order valence-corrected chi connectivity index (χ0v) is 12.9. The fourth-order valence-corrected chi connectivity index (χ4v) is 2.51. The second-order valence-electron chi connectivity index (χ2n) is 5.16. The SMILES string of the molecule is COc1nc(NCCCN2CCCCC2)nc(OC)c1N. The minimum Gasteiger partial charge on any atom is -0.479 e. The van der Waals surface area contributed by atoms with Crippen molar-refractivity contribution in [2.24, 2.45) is 0 Å². The molecule has 0 unspecified atom stereocenters. The lowest BCUT2D eigenvalue weighted by Crippen LogP contribution is -2.31. The molecule has 1 aliphatic heterocycles. The van der Waals surface area contributed by atoms with Gasteiger partial charge in [0.25, 0.3) is 0 Å². The van der Waals surface area contributed by atoms with Crippen molar-refractivity contribution in [3.05, 3.63) is 0 Å². The van der Waals surface area contributed by atoms with Gasteiger partial charge in [0.05, 0.1) is 14.2 Å². The Morgan fingerprint density at radius 3 is 2.29 bits per heavy atom. The molecule has 3 N–H and O–H groups in total. The molecule has 2 heterocycles. The first-order valence-electron chi connectivity index (χ1n) is 7.46. The van der Waals surface area contributed by atoms with E-state index in [4.69, 9.17) is 15.2 Å². The van der Waals surface area contributed by atoms with Crippen molar-refractivity contribution in [2.45, 2.75) is 25.7 Å². The molecule has 7 heteroatoms. The first-order valence-corrected chi connectivity index (χ1v) is 7.46. The summed E-state index contributed by atoms with van der Waals surface area (Å²) in [6.45, 7) is 4.36. The normalized spacial score (nSPS) is 15.7. The smallest absolute Gasteiger partial charge is 0.245 e. The number of piperidine rings is 1. The van der Waals surface area contributed by atoms with Crippen molar-refractivity contribution in [1.82, 2.24) is 14.9 Å². The minimum atomic E-state index is 0.318. The molecule has 0 bridgehead atoms. The van der Waals surface area contributed by atoms with Crippen LogP contribution in [0.5, 0.6) is 11.8 Å². The summed E-state index contributed by atoms with van der Waals surface area (Å²) in [5.41, 5.74) is 6.13. The van der Waals surface area contributed by atoms with Crippen LogP contribution in [0.25, 0.3) is 0 Å². The number of hydrogen-bond donors (Lipinski definition) is 2. The molecule has 21 heavy (non-hydrogen) atoms. The lowest BCUT2D eigenvalue weighted by Gasteiger charge is -2.26. The zero-order chi connectivity index (χ0) is 15.1. The number of nitrogens with one attached hydrogen (secondary N) is 1. The van der Waals surface area contributed by atoms with Crippen LogP contribution in [0.1, 0.15) is 25.7 Å². The van der Waals surface area contributed by atoms with Crippen molar-refractivity contribution >= 4 is 11.6 Å². The maximum absolute atomic E-state index is 5.82. The standard InChI is InChI=1S/C14H25N5O2/c1-20-12-11(15)13(21-2)18-14(17-12)16-7-6-10-19-8-4-3-5-9-19/h3-10,15H2,1-2H3,(H,16,17,18). The molecular formula is C14H25N5O2. The molecule has 0 amide bonds. The predicted molar refractivity (Wildman–Crippen MR) is 82.9 cm³/mol. The van der Waals surface area contributed by atoms with Gasteiger partial charge in [-0.2, -0.15) is 9.97 Å². The van der Waals surface area contributed by atoms with E-state index in [2.05, 4.69) is 20.2 Å². The molecule has 0 atom stereocenters. The van der Waals surface area contributed by atoms with E-state index in [0.29, 0.717) is 23.4 Å². The van der Waals surface area contributed by atoms with Gasteiger partial charge in [0.15, 0.2) is 5.69 Å². The molecule has 0 spiro atoms. The third-order valence-electron chi connectivity index (χ3n) is 3.65. The van der Waals surface area contributed by atoms with E-state index in [0.717, 1.165) is 19.5 Å². The molecule has 7 nitrogen and oxygen atoms in total. The van der Waals surface area contributed by atoms with Gasteiger partial charge in [0, 0.05) is 6.54 Å². The first kappa shape index (κ1) is 15.6. The van der Waals surface area contributed by atoms with Crippen LogP contribution in [-0.4, -0.2) is 55.3 Å². The van der Waals surface area contributed by atoms with Gasteiger partial charge in [-0.05, 0) is 38.9 Å². The highest BCUT2D eigenvalue weighted by molar-refractivity contribution is 5.58. The topological polar surface area (TPSA) is 85.5 Å². The molecule has 2 rings (SSSR count). The summed E-state index contributed by atoms with van der Waals surface area (Å²) in [5, 5.41) is 3.20. The van der Waals surface area contributed by atoms with E-state index >= 15 is 0 Å². The fourth-order valence-electron chi connectivity index (χ4n) is 2.51. The lowest BCUT2D eigenvalue weighted by atomic mass is 10.1. The summed E-state index contributed by atoms with van der Waals surface area (Å²) in [7, 11) is 3.05. The van der Waals surface area contributed by atoms with Gasteiger partial charge in [-0.25, -0.2) is 0 Å². The van der Waals surface area contributed by atoms with E-state index in [-0.39, 0.29) is 0 Å². The number of hydrogen-bond acceptors (Lipinski definition) is 7. The Hall–Kier alpha value is -1.76. The second kappa shape index (κ2) is 7.87. The maximum atomic E-state index is 5.82. The molecule has 1 aliphatic rings. The average Bonchev–Trinajstić information content (AvgIpc) is 2.53. The molecule has 1 fully saturated rings. The van der Waals surface area contributed by atoms with Crippen LogP contribution in [0.15, 0.2) is 0 Å². The molecule has 0 aromatic carbocycles. The van der Waals surface area contributed by atoms with Crippen LogP contribution in [0, 0.1) is 0 Å². The summed E-state index contributed by atoms with van der Waals surface area (Å²) in [5.74, 6) is 1.15.